The molecule has 21 heavy (non-hydrogen) atoms. The summed E-state index contributed by atoms with van der Waals surface area (Å²) in [6.45, 7) is 0. The second kappa shape index (κ2) is 6.08. The van der Waals surface area contributed by atoms with E-state index in [1.807, 2.05) is 10.9 Å². The molecule has 2 rings (SSSR count). The van der Waals surface area contributed by atoms with E-state index in [1.54, 1.807) is 0 Å². The van der Waals surface area contributed by atoms with Crippen LogP contribution in [0.1, 0.15) is 20.7 Å². The van der Waals surface area contributed by atoms with E-state index < -0.39 is 29.3 Å². The smallest absolute Gasteiger partial charge is 0.267 e. The van der Waals surface area contributed by atoms with Gasteiger partial charge >= 0.3 is 0 Å². The third kappa shape index (κ3) is 3.82. The van der Waals surface area contributed by atoms with Crippen LogP contribution >= 0.6 is 0 Å². The monoisotopic (exact) mass is 294 g/mol. The molecule has 0 saturated heterocycles. The highest BCUT2D eigenvalue weighted by molar-refractivity contribution is 5.99. The van der Waals surface area contributed by atoms with Crippen molar-refractivity contribution < 1.29 is 22.8 Å². The molecule has 0 aromatic heterocycles. The van der Waals surface area contributed by atoms with E-state index in [0.717, 1.165) is 24.3 Å². The first kappa shape index (κ1) is 14.6. The third-order valence-electron chi connectivity index (χ3n) is 2.52. The maximum atomic E-state index is 12.9. The average Bonchev–Trinajstić information content (AvgIpc) is 2.44. The summed E-state index contributed by atoms with van der Waals surface area (Å²) in [6, 6.07) is 6.87. The van der Waals surface area contributed by atoms with E-state index in [4.69, 9.17) is 0 Å². The normalized spacial score (nSPS) is 10.0. The van der Waals surface area contributed by atoms with Crippen LogP contribution in [0.2, 0.25) is 0 Å². The van der Waals surface area contributed by atoms with Crippen LogP contribution in [0.15, 0.2) is 42.5 Å². The molecular formula is C14H9F3N2O2. The van der Waals surface area contributed by atoms with Gasteiger partial charge < -0.3 is 0 Å². The molecule has 0 aliphatic carbocycles. The summed E-state index contributed by atoms with van der Waals surface area (Å²) in [7, 11) is 0. The molecule has 108 valence electrons. The van der Waals surface area contributed by atoms with E-state index in [2.05, 4.69) is 0 Å². The van der Waals surface area contributed by atoms with Gasteiger partial charge in [-0.25, -0.2) is 13.2 Å². The Morgan fingerprint density at radius 3 is 1.67 bits per heavy atom. The highest BCUT2D eigenvalue weighted by atomic mass is 19.1. The molecule has 0 spiro atoms. The molecule has 4 nitrogen and oxygen atoms in total. The Bertz CT molecular complexity index is 667. The summed E-state index contributed by atoms with van der Waals surface area (Å²) in [5.41, 5.74) is 3.88. The fourth-order valence-corrected chi connectivity index (χ4v) is 1.54. The van der Waals surface area contributed by atoms with Crippen LogP contribution in [0.5, 0.6) is 0 Å². The van der Waals surface area contributed by atoms with Crippen LogP contribution < -0.4 is 10.9 Å². The topological polar surface area (TPSA) is 58.2 Å². The zero-order valence-electron chi connectivity index (χ0n) is 10.5. The van der Waals surface area contributed by atoms with Gasteiger partial charge in [0.15, 0.2) is 0 Å². The first-order chi connectivity index (χ1) is 9.95. The highest BCUT2D eigenvalue weighted by Crippen LogP contribution is 2.07. The molecule has 0 aliphatic heterocycles. The van der Waals surface area contributed by atoms with Crippen LogP contribution in [-0.4, -0.2) is 11.8 Å². The fourth-order valence-electron chi connectivity index (χ4n) is 1.54. The number of halogens is 3. The Labute approximate surface area is 117 Å². The number of nitrogens with one attached hydrogen (secondary N) is 2. The van der Waals surface area contributed by atoms with Crippen LogP contribution in [0.4, 0.5) is 13.2 Å². The second-order valence-electron chi connectivity index (χ2n) is 4.07. The van der Waals surface area contributed by atoms with Gasteiger partial charge in [0.1, 0.15) is 17.5 Å². The lowest BCUT2D eigenvalue weighted by Gasteiger charge is -2.07. The van der Waals surface area contributed by atoms with Crippen molar-refractivity contribution >= 4 is 11.8 Å². The van der Waals surface area contributed by atoms with E-state index in [1.165, 1.54) is 12.1 Å². The third-order valence-corrected chi connectivity index (χ3v) is 2.52. The lowest BCUT2D eigenvalue weighted by molar-refractivity contribution is 0.0846. The van der Waals surface area contributed by atoms with Crippen LogP contribution in [0.3, 0.4) is 0 Å². The number of carbonyl (C=O) groups excluding carboxylic acids is 2. The minimum absolute atomic E-state index is 0.113. The zero-order chi connectivity index (χ0) is 15.4. The Hall–Kier alpha value is -2.83. The van der Waals surface area contributed by atoms with Gasteiger partial charge in [-0.3, -0.25) is 20.4 Å². The molecule has 0 aliphatic rings. The largest absolute Gasteiger partial charge is 0.269 e. The number of hydrazine groups is 1. The minimum Gasteiger partial charge on any atom is -0.267 e. The maximum Gasteiger partial charge on any atom is 0.269 e. The summed E-state index contributed by atoms with van der Waals surface area (Å²) < 4.78 is 38.6. The molecule has 0 unspecified atom stereocenters. The summed E-state index contributed by atoms with van der Waals surface area (Å²) in [6.07, 6.45) is 0. The van der Waals surface area contributed by atoms with Crippen molar-refractivity contribution in [3.05, 3.63) is 71.0 Å². The molecule has 0 atom stereocenters. The van der Waals surface area contributed by atoms with Gasteiger partial charge in [0.2, 0.25) is 0 Å². The molecule has 0 heterocycles. The van der Waals surface area contributed by atoms with Gasteiger partial charge in [-0.05, 0) is 36.4 Å². The molecule has 0 fully saturated rings. The first-order valence-electron chi connectivity index (χ1n) is 5.78. The van der Waals surface area contributed by atoms with E-state index in [9.17, 15) is 22.8 Å². The van der Waals surface area contributed by atoms with Gasteiger partial charge in [-0.2, -0.15) is 0 Å². The quantitative estimate of drug-likeness (QED) is 0.834. The van der Waals surface area contributed by atoms with Crippen molar-refractivity contribution in [2.24, 2.45) is 0 Å². The number of hydrogen-bond acceptors (Lipinski definition) is 2. The molecule has 0 bridgehead atoms. The molecule has 2 N–H and O–H groups in total. The molecule has 0 radical (unpaired) electrons. The number of carbonyl (C=O) groups is 2. The summed E-state index contributed by atoms with van der Waals surface area (Å²) in [4.78, 5) is 23.2. The van der Waals surface area contributed by atoms with Crippen LogP contribution in [0, 0.1) is 17.5 Å². The van der Waals surface area contributed by atoms with E-state index in [0.29, 0.717) is 6.07 Å². The van der Waals surface area contributed by atoms with E-state index >= 15 is 0 Å². The van der Waals surface area contributed by atoms with Crippen molar-refractivity contribution in [1.82, 2.24) is 10.9 Å². The highest BCUT2D eigenvalue weighted by Gasteiger charge is 2.11. The van der Waals surface area contributed by atoms with E-state index in [-0.39, 0.29) is 11.1 Å². The summed E-state index contributed by atoms with van der Waals surface area (Å²) >= 11 is 0. The number of amides is 2. The SMILES string of the molecule is O=C(NNC(=O)c1cc(F)cc(F)c1)c1ccc(F)cc1. The van der Waals surface area contributed by atoms with Crippen molar-refractivity contribution in [1.29, 1.82) is 0 Å². The molecular weight excluding hydrogens is 285 g/mol. The summed E-state index contributed by atoms with van der Waals surface area (Å²) in [5, 5.41) is 0. The first-order valence-corrected chi connectivity index (χ1v) is 5.78. The van der Waals surface area contributed by atoms with Gasteiger partial charge in [-0.1, -0.05) is 0 Å². The Balaban J connectivity index is 2.00. The number of benzene rings is 2. The predicted molar refractivity (Wildman–Crippen MR) is 67.7 cm³/mol. The van der Waals surface area contributed by atoms with Crippen molar-refractivity contribution in [3.8, 4) is 0 Å². The van der Waals surface area contributed by atoms with Crippen molar-refractivity contribution in [3.63, 3.8) is 0 Å². The standard InChI is InChI=1S/C14H9F3N2O2/c15-10-3-1-8(2-4-10)13(20)18-19-14(21)9-5-11(16)7-12(17)6-9/h1-7H,(H,18,20)(H,19,21). The average molecular weight is 294 g/mol. The van der Waals surface area contributed by atoms with Gasteiger partial charge in [0, 0.05) is 17.2 Å². The lowest BCUT2D eigenvalue weighted by atomic mass is 10.2. The Kier molecular flexibility index (Phi) is 4.22. The van der Waals surface area contributed by atoms with Gasteiger partial charge in [0.05, 0.1) is 0 Å². The van der Waals surface area contributed by atoms with Crippen molar-refractivity contribution in [2.45, 2.75) is 0 Å². The molecule has 2 amide bonds. The lowest BCUT2D eigenvalue weighted by Crippen LogP contribution is -2.41. The van der Waals surface area contributed by atoms with Gasteiger partial charge in [0.25, 0.3) is 11.8 Å². The number of rotatable bonds is 2. The maximum absolute atomic E-state index is 12.9. The summed E-state index contributed by atoms with van der Waals surface area (Å²) in [5.74, 6) is -3.91. The molecule has 7 heteroatoms. The Morgan fingerprint density at radius 1 is 0.667 bits per heavy atom. The van der Waals surface area contributed by atoms with Crippen molar-refractivity contribution in [2.75, 3.05) is 0 Å². The molecule has 2 aromatic rings. The minimum atomic E-state index is -0.912. The zero-order valence-corrected chi connectivity index (χ0v) is 10.5. The Morgan fingerprint density at radius 2 is 1.14 bits per heavy atom. The van der Waals surface area contributed by atoms with Gasteiger partial charge in [-0.15, -0.1) is 0 Å². The fraction of sp³-hybridized carbons (Fsp3) is 0. The number of hydrogen-bond donors (Lipinski definition) is 2. The van der Waals surface area contributed by atoms with Crippen LogP contribution in [0.25, 0.3) is 0 Å². The molecule has 0 saturated carbocycles. The van der Waals surface area contributed by atoms with Crippen LogP contribution in [-0.2, 0) is 0 Å². The predicted octanol–water partition coefficient (Wildman–Crippen LogP) is 2.18. The second-order valence-corrected chi connectivity index (χ2v) is 4.07. The molecule has 2 aromatic carbocycles.